The first-order valence-corrected chi connectivity index (χ1v) is 9.64. The van der Waals surface area contributed by atoms with Gasteiger partial charge in [0, 0.05) is 12.2 Å². The minimum absolute atomic E-state index is 0.0960. The Morgan fingerprint density at radius 3 is 2.67 bits per heavy atom. The largest absolute Gasteiger partial charge is 0.354 e. The molecule has 0 radical (unpaired) electrons. The Hall–Kier alpha value is -2.41. The third kappa shape index (κ3) is 7.02. The normalized spacial score (nSPS) is 17.1. The Morgan fingerprint density at radius 2 is 1.93 bits per heavy atom. The summed E-state index contributed by atoms with van der Waals surface area (Å²) in [4.78, 5) is 38.5. The van der Waals surface area contributed by atoms with Crippen LogP contribution in [0.4, 0.5) is 5.69 Å². The van der Waals surface area contributed by atoms with Crippen molar-refractivity contribution >= 4 is 23.4 Å². The molecule has 1 fully saturated rings. The van der Waals surface area contributed by atoms with Gasteiger partial charge in [0.15, 0.2) is 0 Å². The molecule has 3 N–H and O–H groups in total. The van der Waals surface area contributed by atoms with Crippen LogP contribution in [0, 0.1) is 6.92 Å². The van der Waals surface area contributed by atoms with Crippen LogP contribution in [0.1, 0.15) is 38.2 Å². The van der Waals surface area contributed by atoms with Crippen molar-refractivity contribution < 1.29 is 14.4 Å². The second-order valence-corrected chi connectivity index (χ2v) is 6.98. The fraction of sp³-hybridized carbons (Fsp3) is 0.550. The van der Waals surface area contributed by atoms with Gasteiger partial charge in [-0.1, -0.05) is 25.1 Å². The number of rotatable bonds is 8. The van der Waals surface area contributed by atoms with Crippen LogP contribution < -0.4 is 16.0 Å². The van der Waals surface area contributed by atoms with E-state index in [-0.39, 0.29) is 30.8 Å². The van der Waals surface area contributed by atoms with Gasteiger partial charge in [0.25, 0.3) is 0 Å². The van der Waals surface area contributed by atoms with Crippen molar-refractivity contribution in [1.82, 2.24) is 15.5 Å². The van der Waals surface area contributed by atoms with Crippen molar-refractivity contribution in [1.29, 1.82) is 0 Å². The molecular formula is C20H30N4O3. The highest BCUT2D eigenvalue weighted by Crippen LogP contribution is 2.13. The van der Waals surface area contributed by atoms with Gasteiger partial charge >= 0.3 is 0 Å². The average molecular weight is 374 g/mol. The van der Waals surface area contributed by atoms with Crippen molar-refractivity contribution in [3.63, 3.8) is 0 Å². The smallest absolute Gasteiger partial charge is 0.242 e. The molecule has 2 rings (SSSR count). The SMILES string of the molecule is CCCN(CC(=O)Nc1ccccc1C)CC(=O)NC1CCCCNC1=O. The second kappa shape index (κ2) is 10.7. The van der Waals surface area contributed by atoms with Crippen molar-refractivity contribution in [2.24, 2.45) is 0 Å². The molecular weight excluding hydrogens is 344 g/mol. The van der Waals surface area contributed by atoms with Crippen LogP contribution >= 0.6 is 0 Å². The zero-order valence-electron chi connectivity index (χ0n) is 16.2. The molecule has 3 amide bonds. The Balaban J connectivity index is 1.88. The zero-order chi connectivity index (χ0) is 19.6. The molecule has 148 valence electrons. The van der Waals surface area contributed by atoms with E-state index in [1.54, 1.807) is 4.90 Å². The van der Waals surface area contributed by atoms with E-state index in [2.05, 4.69) is 16.0 Å². The van der Waals surface area contributed by atoms with E-state index in [9.17, 15) is 14.4 Å². The maximum atomic E-state index is 12.4. The minimum Gasteiger partial charge on any atom is -0.354 e. The third-order valence-electron chi connectivity index (χ3n) is 4.56. The zero-order valence-corrected chi connectivity index (χ0v) is 16.2. The summed E-state index contributed by atoms with van der Waals surface area (Å²) in [5, 5.41) is 8.51. The topological polar surface area (TPSA) is 90.5 Å². The van der Waals surface area contributed by atoms with Gasteiger partial charge in [0.1, 0.15) is 6.04 Å². The molecule has 1 unspecified atom stereocenters. The van der Waals surface area contributed by atoms with Crippen molar-refractivity contribution in [3.05, 3.63) is 29.8 Å². The molecule has 0 aliphatic carbocycles. The van der Waals surface area contributed by atoms with Crippen LogP contribution in [0.15, 0.2) is 24.3 Å². The summed E-state index contributed by atoms with van der Waals surface area (Å²) in [7, 11) is 0. The summed E-state index contributed by atoms with van der Waals surface area (Å²) in [5.41, 5.74) is 1.77. The maximum Gasteiger partial charge on any atom is 0.242 e. The number of nitrogens with one attached hydrogen (secondary N) is 3. The van der Waals surface area contributed by atoms with E-state index in [1.165, 1.54) is 0 Å². The number of nitrogens with zero attached hydrogens (tertiary/aromatic N) is 1. The van der Waals surface area contributed by atoms with E-state index in [1.807, 2.05) is 38.1 Å². The lowest BCUT2D eigenvalue weighted by Gasteiger charge is -2.22. The number of benzene rings is 1. The molecule has 1 atom stereocenters. The molecule has 7 heteroatoms. The molecule has 1 heterocycles. The molecule has 0 saturated carbocycles. The summed E-state index contributed by atoms with van der Waals surface area (Å²) in [6.07, 6.45) is 3.31. The lowest BCUT2D eigenvalue weighted by atomic mass is 10.1. The molecule has 0 bridgehead atoms. The van der Waals surface area contributed by atoms with Gasteiger partial charge in [0.05, 0.1) is 13.1 Å². The van der Waals surface area contributed by atoms with Crippen LogP contribution in [0.5, 0.6) is 0 Å². The third-order valence-corrected chi connectivity index (χ3v) is 4.56. The Bertz CT molecular complexity index is 662. The summed E-state index contributed by atoms with van der Waals surface area (Å²) < 4.78 is 0. The second-order valence-electron chi connectivity index (χ2n) is 6.98. The summed E-state index contributed by atoms with van der Waals surface area (Å²) in [6, 6.07) is 7.10. The Morgan fingerprint density at radius 1 is 1.19 bits per heavy atom. The van der Waals surface area contributed by atoms with Crippen molar-refractivity contribution in [2.75, 3.05) is 31.5 Å². The minimum atomic E-state index is -0.482. The molecule has 0 spiro atoms. The average Bonchev–Trinajstić information content (AvgIpc) is 2.81. The fourth-order valence-corrected chi connectivity index (χ4v) is 3.16. The summed E-state index contributed by atoms with van der Waals surface area (Å²) in [5.74, 6) is -0.507. The molecule has 1 aliphatic heterocycles. The lowest BCUT2D eigenvalue weighted by Crippen LogP contribution is -2.49. The first-order chi connectivity index (χ1) is 13.0. The highest BCUT2D eigenvalue weighted by Gasteiger charge is 2.23. The van der Waals surface area contributed by atoms with Crippen molar-refractivity contribution in [3.8, 4) is 0 Å². The van der Waals surface area contributed by atoms with Gasteiger partial charge in [-0.2, -0.15) is 0 Å². The standard InChI is InChI=1S/C20H30N4O3/c1-3-12-24(13-18(25)22-16-9-5-4-8-15(16)2)14-19(26)23-17-10-6-7-11-21-20(17)27/h4-5,8-9,17H,3,6-7,10-14H2,1-2H3,(H,21,27)(H,22,25)(H,23,26). The van der Waals surface area contributed by atoms with E-state index in [0.29, 0.717) is 19.5 Å². The summed E-state index contributed by atoms with van der Waals surface area (Å²) in [6.45, 7) is 5.45. The van der Waals surface area contributed by atoms with Gasteiger partial charge in [-0.25, -0.2) is 0 Å². The monoisotopic (exact) mass is 374 g/mol. The van der Waals surface area contributed by atoms with Crippen LogP contribution in [0.25, 0.3) is 0 Å². The molecule has 1 aromatic rings. The Labute approximate surface area is 160 Å². The number of aryl methyl sites for hydroxylation is 1. The molecule has 1 aliphatic rings. The van der Waals surface area contributed by atoms with Crippen molar-refractivity contribution in [2.45, 2.75) is 45.6 Å². The number of hydrogen-bond acceptors (Lipinski definition) is 4. The number of para-hydroxylation sites is 1. The number of carbonyl (C=O) groups excluding carboxylic acids is 3. The lowest BCUT2D eigenvalue weighted by molar-refractivity contribution is -0.129. The van der Waals surface area contributed by atoms with Gasteiger partial charge in [-0.15, -0.1) is 0 Å². The van der Waals surface area contributed by atoms with Gasteiger partial charge in [-0.05, 0) is 50.8 Å². The van der Waals surface area contributed by atoms with Crippen LogP contribution in [-0.2, 0) is 14.4 Å². The van der Waals surface area contributed by atoms with Gasteiger partial charge < -0.3 is 16.0 Å². The molecule has 1 saturated heterocycles. The highest BCUT2D eigenvalue weighted by molar-refractivity contribution is 5.93. The number of hydrogen-bond donors (Lipinski definition) is 3. The molecule has 1 aromatic carbocycles. The first kappa shape index (κ1) is 20.9. The van der Waals surface area contributed by atoms with Crippen LogP contribution in [0.2, 0.25) is 0 Å². The Kier molecular flexibility index (Phi) is 8.26. The van der Waals surface area contributed by atoms with Crippen LogP contribution in [0.3, 0.4) is 0 Å². The molecule has 0 aromatic heterocycles. The number of anilines is 1. The van der Waals surface area contributed by atoms with Gasteiger partial charge in [-0.3, -0.25) is 19.3 Å². The predicted molar refractivity (Wildman–Crippen MR) is 105 cm³/mol. The number of carbonyl (C=O) groups is 3. The van der Waals surface area contributed by atoms with E-state index < -0.39 is 6.04 Å². The van der Waals surface area contributed by atoms with Crippen LogP contribution in [-0.4, -0.2) is 54.8 Å². The predicted octanol–water partition coefficient (Wildman–Crippen LogP) is 1.43. The van der Waals surface area contributed by atoms with Gasteiger partial charge in [0.2, 0.25) is 17.7 Å². The summed E-state index contributed by atoms with van der Waals surface area (Å²) >= 11 is 0. The molecule has 27 heavy (non-hydrogen) atoms. The highest BCUT2D eigenvalue weighted by atomic mass is 16.2. The van der Waals surface area contributed by atoms with E-state index >= 15 is 0 Å². The first-order valence-electron chi connectivity index (χ1n) is 9.64. The molecule has 7 nitrogen and oxygen atoms in total. The van der Waals surface area contributed by atoms with E-state index in [0.717, 1.165) is 30.5 Å². The fourth-order valence-electron chi connectivity index (χ4n) is 3.16. The van der Waals surface area contributed by atoms with E-state index in [4.69, 9.17) is 0 Å². The maximum absolute atomic E-state index is 12.4. The quantitative estimate of drug-likeness (QED) is 0.642. The number of amides is 3.